The Hall–Kier alpha value is -3.33. The summed E-state index contributed by atoms with van der Waals surface area (Å²) in [5.74, 6) is -0.246. The third-order valence-corrected chi connectivity index (χ3v) is 6.83. The number of amides is 3. The van der Waals surface area contributed by atoms with Crippen LogP contribution in [0.2, 0.25) is 0 Å². The number of hydrogen-bond acceptors (Lipinski definition) is 3. The molecule has 0 spiro atoms. The number of alkyl halides is 3. The summed E-state index contributed by atoms with van der Waals surface area (Å²) in [5.41, 5.74) is 0.125. The molecule has 1 heterocycles. The van der Waals surface area contributed by atoms with Crippen molar-refractivity contribution in [1.29, 1.82) is 0 Å². The number of anilines is 1. The van der Waals surface area contributed by atoms with Crippen molar-refractivity contribution >= 4 is 29.0 Å². The van der Waals surface area contributed by atoms with Gasteiger partial charge in [0, 0.05) is 28.0 Å². The normalized spacial score (nSPS) is 12.2. The van der Waals surface area contributed by atoms with Crippen LogP contribution in [-0.4, -0.2) is 34.3 Å². The first kappa shape index (κ1) is 27.3. The summed E-state index contributed by atoms with van der Waals surface area (Å²) in [6.45, 7) is 6.27. The Bertz CT molecular complexity index is 1160. The number of carbonyl (C=O) groups is 2. The van der Waals surface area contributed by atoms with Crippen molar-refractivity contribution < 1.29 is 22.8 Å². The molecule has 0 saturated heterocycles. The average Bonchev–Trinajstić information content (AvgIpc) is 3.26. The molecule has 192 valence electrons. The summed E-state index contributed by atoms with van der Waals surface area (Å²) in [6, 6.07) is 17.1. The van der Waals surface area contributed by atoms with Gasteiger partial charge in [-0.15, -0.1) is 11.3 Å². The zero-order valence-electron chi connectivity index (χ0n) is 20.5. The zero-order chi connectivity index (χ0) is 26.3. The third-order valence-electron chi connectivity index (χ3n) is 5.84. The predicted molar refractivity (Wildman–Crippen MR) is 137 cm³/mol. The van der Waals surface area contributed by atoms with Crippen LogP contribution in [0.3, 0.4) is 0 Å². The number of aryl methyl sites for hydroxylation is 1. The fourth-order valence-corrected chi connectivity index (χ4v) is 4.56. The molecule has 5 nitrogen and oxygen atoms in total. The zero-order valence-corrected chi connectivity index (χ0v) is 21.3. The van der Waals surface area contributed by atoms with Crippen molar-refractivity contribution in [2.24, 2.45) is 0 Å². The Morgan fingerprint density at radius 3 is 2.33 bits per heavy atom. The average molecular weight is 518 g/mol. The lowest BCUT2D eigenvalue weighted by molar-refractivity contribution is -0.137. The van der Waals surface area contributed by atoms with Crippen LogP contribution in [0.25, 0.3) is 0 Å². The molecule has 1 N–H and O–H groups in total. The molecule has 1 unspecified atom stereocenters. The van der Waals surface area contributed by atoms with Crippen molar-refractivity contribution in [3.63, 3.8) is 0 Å². The summed E-state index contributed by atoms with van der Waals surface area (Å²) in [7, 11) is 0. The first-order valence-corrected chi connectivity index (χ1v) is 12.5. The summed E-state index contributed by atoms with van der Waals surface area (Å²) in [5, 5.41) is 2.54. The van der Waals surface area contributed by atoms with Crippen LogP contribution in [0, 0.1) is 6.92 Å². The quantitative estimate of drug-likeness (QED) is 0.334. The molecular formula is C27H30F3N3O2S. The number of nitrogens with one attached hydrogen (secondary N) is 1. The van der Waals surface area contributed by atoms with Gasteiger partial charge in [0.1, 0.15) is 6.54 Å². The van der Waals surface area contributed by atoms with Gasteiger partial charge in [0.2, 0.25) is 5.91 Å². The number of nitrogens with zero attached hydrogens (tertiary/aromatic N) is 2. The second kappa shape index (κ2) is 12.1. The number of benzene rings is 2. The number of rotatable bonds is 9. The summed E-state index contributed by atoms with van der Waals surface area (Å²) in [6.07, 6.45) is -3.95. The maximum Gasteiger partial charge on any atom is 0.416 e. The fraction of sp³-hybridized carbons (Fsp3) is 0.333. The molecule has 1 atom stereocenters. The summed E-state index contributed by atoms with van der Waals surface area (Å²) < 4.78 is 39.3. The third kappa shape index (κ3) is 7.58. The highest BCUT2D eigenvalue weighted by molar-refractivity contribution is 7.11. The van der Waals surface area contributed by atoms with E-state index in [4.69, 9.17) is 0 Å². The molecule has 0 radical (unpaired) electrons. The van der Waals surface area contributed by atoms with Gasteiger partial charge in [-0.05, 0) is 56.2 Å². The number of urea groups is 1. The topological polar surface area (TPSA) is 52.7 Å². The van der Waals surface area contributed by atoms with Crippen molar-refractivity contribution in [2.45, 2.75) is 52.5 Å². The standard InChI is InChI=1S/C27H30F3N3O2S/c1-4-19(2)33(26(35)31-23-12-8-11-22(15-23)27(28,29)30)18-25(34)32(16-21-9-6-5-7-10-21)17-24-14-13-20(3)36-24/h5-15,19H,4,16-18H2,1-3H3,(H,31,35). The minimum Gasteiger partial charge on any atom is -0.332 e. The van der Waals surface area contributed by atoms with Crippen molar-refractivity contribution in [2.75, 3.05) is 11.9 Å². The summed E-state index contributed by atoms with van der Waals surface area (Å²) in [4.78, 5) is 31.9. The van der Waals surface area contributed by atoms with E-state index in [1.807, 2.05) is 63.2 Å². The van der Waals surface area contributed by atoms with E-state index in [1.165, 1.54) is 17.0 Å². The van der Waals surface area contributed by atoms with Gasteiger partial charge in [-0.25, -0.2) is 4.79 Å². The molecule has 0 aliphatic carbocycles. The van der Waals surface area contributed by atoms with Crippen LogP contribution in [0.5, 0.6) is 0 Å². The predicted octanol–water partition coefficient (Wildman–Crippen LogP) is 6.94. The van der Waals surface area contributed by atoms with E-state index < -0.39 is 17.8 Å². The molecule has 0 bridgehead atoms. The van der Waals surface area contributed by atoms with Crippen LogP contribution in [0.15, 0.2) is 66.7 Å². The largest absolute Gasteiger partial charge is 0.416 e. The van der Waals surface area contributed by atoms with E-state index in [0.717, 1.165) is 27.5 Å². The highest BCUT2D eigenvalue weighted by atomic mass is 32.1. The van der Waals surface area contributed by atoms with Crippen LogP contribution >= 0.6 is 11.3 Å². The van der Waals surface area contributed by atoms with Crippen molar-refractivity contribution in [3.8, 4) is 0 Å². The minimum absolute atomic E-state index is 0.0192. The van der Waals surface area contributed by atoms with E-state index in [1.54, 1.807) is 16.2 Å². The molecule has 1 aromatic heterocycles. The molecule has 2 aromatic carbocycles. The smallest absolute Gasteiger partial charge is 0.332 e. The molecule has 0 aliphatic rings. The highest BCUT2D eigenvalue weighted by Gasteiger charge is 2.31. The van der Waals surface area contributed by atoms with Gasteiger partial charge in [0.05, 0.1) is 12.1 Å². The molecule has 36 heavy (non-hydrogen) atoms. The van der Waals surface area contributed by atoms with E-state index in [2.05, 4.69) is 5.32 Å². The Balaban J connectivity index is 1.79. The molecule has 3 amide bonds. The highest BCUT2D eigenvalue weighted by Crippen LogP contribution is 2.30. The van der Waals surface area contributed by atoms with Gasteiger partial charge in [0.25, 0.3) is 0 Å². The van der Waals surface area contributed by atoms with Crippen LogP contribution < -0.4 is 5.32 Å². The van der Waals surface area contributed by atoms with E-state index in [9.17, 15) is 22.8 Å². The van der Waals surface area contributed by atoms with Gasteiger partial charge >= 0.3 is 12.2 Å². The molecule has 3 rings (SSSR count). The van der Waals surface area contributed by atoms with E-state index in [0.29, 0.717) is 19.5 Å². The SMILES string of the molecule is CCC(C)N(CC(=O)N(Cc1ccccc1)Cc1ccc(C)s1)C(=O)Nc1cccc(C(F)(F)F)c1. The number of hydrogen-bond donors (Lipinski definition) is 1. The number of carbonyl (C=O) groups excluding carboxylic acids is 2. The van der Waals surface area contributed by atoms with E-state index >= 15 is 0 Å². The Labute approximate surface area is 213 Å². The Morgan fingerprint density at radius 1 is 1.00 bits per heavy atom. The Kier molecular flexibility index (Phi) is 9.14. The monoisotopic (exact) mass is 517 g/mol. The first-order valence-electron chi connectivity index (χ1n) is 11.7. The van der Waals surface area contributed by atoms with Crippen LogP contribution in [0.4, 0.5) is 23.7 Å². The minimum atomic E-state index is -4.52. The maximum atomic E-state index is 13.5. The molecule has 0 fully saturated rings. The first-order chi connectivity index (χ1) is 17.1. The molecule has 9 heteroatoms. The molecular weight excluding hydrogens is 487 g/mol. The van der Waals surface area contributed by atoms with Gasteiger partial charge in [-0.1, -0.05) is 43.3 Å². The second-order valence-corrected chi connectivity index (χ2v) is 10.0. The lowest BCUT2D eigenvalue weighted by atomic mass is 10.2. The number of halogens is 3. The molecule has 0 aliphatic heterocycles. The second-order valence-electron chi connectivity index (χ2n) is 8.64. The lowest BCUT2D eigenvalue weighted by Gasteiger charge is -2.31. The lowest BCUT2D eigenvalue weighted by Crippen LogP contribution is -2.47. The van der Waals surface area contributed by atoms with Gasteiger partial charge in [0.15, 0.2) is 0 Å². The van der Waals surface area contributed by atoms with Gasteiger partial charge in [-0.3, -0.25) is 4.79 Å². The van der Waals surface area contributed by atoms with Crippen molar-refractivity contribution in [1.82, 2.24) is 9.80 Å². The fourth-order valence-electron chi connectivity index (χ4n) is 3.66. The molecule has 0 saturated carbocycles. The summed E-state index contributed by atoms with van der Waals surface area (Å²) >= 11 is 1.61. The van der Waals surface area contributed by atoms with Crippen LogP contribution in [-0.2, 0) is 24.1 Å². The van der Waals surface area contributed by atoms with Crippen molar-refractivity contribution in [3.05, 3.63) is 87.6 Å². The maximum absolute atomic E-state index is 13.5. The Morgan fingerprint density at radius 2 is 1.72 bits per heavy atom. The number of thiophene rings is 1. The van der Waals surface area contributed by atoms with Gasteiger partial charge < -0.3 is 15.1 Å². The van der Waals surface area contributed by atoms with E-state index in [-0.39, 0.29) is 24.2 Å². The van der Waals surface area contributed by atoms with Crippen LogP contribution in [0.1, 0.15) is 41.1 Å². The molecule has 3 aromatic rings. The van der Waals surface area contributed by atoms with Gasteiger partial charge in [-0.2, -0.15) is 13.2 Å².